The van der Waals surface area contributed by atoms with Gasteiger partial charge in [-0.3, -0.25) is 4.98 Å². The van der Waals surface area contributed by atoms with Crippen molar-refractivity contribution in [3.63, 3.8) is 0 Å². The summed E-state index contributed by atoms with van der Waals surface area (Å²) in [5, 5.41) is 0. The molecule has 0 aliphatic heterocycles. The van der Waals surface area contributed by atoms with Gasteiger partial charge in [-0.05, 0) is 62.6 Å². The van der Waals surface area contributed by atoms with Crippen molar-refractivity contribution in [2.45, 2.75) is 38.6 Å². The van der Waals surface area contributed by atoms with Crippen molar-refractivity contribution in [1.29, 1.82) is 0 Å². The molecule has 21 heavy (non-hydrogen) atoms. The molecule has 5 heteroatoms. The van der Waals surface area contributed by atoms with Gasteiger partial charge in [0, 0.05) is 6.20 Å². The summed E-state index contributed by atoms with van der Waals surface area (Å²) in [4.78, 5) is 4.51. The van der Waals surface area contributed by atoms with E-state index in [1.165, 1.54) is 0 Å². The number of hydrogen-bond acceptors (Lipinski definition) is 3. The molecule has 0 saturated heterocycles. The first kappa shape index (κ1) is 15.7. The SMILES string of the molecule is Cc1cc(C)c(S(=O)(=O)N[C@H](C)c2ccccn2)cc1C. The topological polar surface area (TPSA) is 59.1 Å². The van der Waals surface area contributed by atoms with Gasteiger partial charge in [-0.2, -0.15) is 0 Å². The molecule has 0 amide bonds. The van der Waals surface area contributed by atoms with Crippen molar-refractivity contribution < 1.29 is 8.42 Å². The molecule has 1 N–H and O–H groups in total. The van der Waals surface area contributed by atoms with E-state index < -0.39 is 10.0 Å². The predicted octanol–water partition coefficient (Wildman–Crippen LogP) is 3.05. The molecule has 2 aromatic rings. The number of pyridine rings is 1. The van der Waals surface area contributed by atoms with Crippen molar-refractivity contribution >= 4 is 10.0 Å². The molecule has 2 rings (SSSR count). The van der Waals surface area contributed by atoms with Crippen molar-refractivity contribution in [1.82, 2.24) is 9.71 Å². The lowest BCUT2D eigenvalue weighted by Crippen LogP contribution is -2.28. The lowest BCUT2D eigenvalue weighted by Gasteiger charge is -2.16. The summed E-state index contributed by atoms with van der Waals surface area (Å²) in [5.74, 6) is 0. The molecule has 0 spiro atoms. The predicted molar refractivity (Wildman–Crippen MR) is 83.6 cm³/mol. The molecule has 0 radical (unpaired) electrons. The highest BCUT2D eigenvalue weighted by molar-refractivity contribution is 7.89. The van der Waals surface area contributed by atoms with Crippen molar-refractivity contribution in [3.05, 3.63) is 58.9 Å². The first-order valence-corrected chi connectivity index (χ1v) is 8.30. The Kier molecular flexibility index (Phi) is 4.44. The van der Waals surface area contributed by atoms with E-state index in [2.05, 4.69) is 9.71 Å². The van der Waals surface area contributed by atoms with Crippen LogP contribution in [0.3, 0.4) is 0 Å². The zero-order chi connectivity index (χ0) is 15.6. The summed E-state index contributed by atoms with van der Waals surface area (Å²) in [6.45, 7) is 7.49. The van der Waals surface area contributed by atoms with E-state index in [0.717, 1.165) is 16.7 Å². The number of aromatic nitrogens is 1. The lowest BCUT2D eigenvalue weighted by atomic mass is 10.1. The number of aryl methyl sites for hydroxylation is 3. The normalized spacial score (nSPS) is 13.1. The Bertz CT molecular complexity index is 740. The highest BCUT2D eigenvalue weighted by atomic mass is 32.2. The van der Waals surface area contributed by atoms with Gasteiger partial charge in [0.15, 0.2) is 0 Å². The average molecular weight is 304 g/mol. The van der Waals surface area contributed by atoms with E-state index in [9.17, 15) is 8.42 Å². The third kappa shape index (κ3) is 3.49. The van der Waals surface area contributed by atoms with Gasteiger partial charge in [-0.25, -0.2) is 13.1 Å². The van der Waals surface area contributed by atoms with Crippen LogP contribution in [0.2, 0.25) is 0 Å². The molecule has 0 unspecified atom stereocenters. The van der Waals surface area contributed by atoms with E-state index in [0.29, 0.717) is 10.6 Å². The summed E-state index contributed by atoms with van der Waals surface area (Å²) in [6, 6.07) is 8.69. The number of sulfonamides is 1. The van der Waals surface area contributed by atoms with Crippen molar-refractivity contribution in [2.75, 3.05) is 0 Å². The van der Waals surface area contributed by atoms with Crippen LogP contribution in [0.15, 0.2) is 41.4 Å². The average Bonchev–Trinajstić information content (AvgIpc) is 2.43. The first-order valence-electron chi connectivity index (χ1n) is 6.82. The Balaban J connectivity index is 2.33. The third-order valence-electron chi connectivity index (χ3n) is 3.54. The minimum Gasteiger partial charge on any atom is -0.260 e. The number of nitrogens with one attached hydrogen (secondary N) is 1. The summed E-state index contributed by atoms with van der Waals surface area (Å²) in [7, 11) is -3.57. The molecule has 1 aromatic carbocycles. The molecular weight excluding hydrogens is 284 g/mol. The van der Waals surface area contributed by atoms with Gasteiger partial charge in [0.1, 0.15) is 0 Å². The minimum absolute atomic E-state index is 0.327. The van der Waals surface area contributed by atoms with Crippen LogP contribution in [0.25, 0.3) is 0 Å². The maximum Gasteiger partial charge on any atom is 0.241 e. The van der Waals surface area contributed by atoms with Crippen LogP contribution in [0.4, 0.5) is 0 Å². The summed E-state index contributed by atoms with van der Waals surface area (Å²) < 4.78 is 27.8. The maximum atomic E-state index is 12.6. The highest BCUT2D eigenvalue weighted by Gasteiger charge is 2.21. The van der Waals surface area contributed by atoms with Crippen LogP contribution in [0.5, 0.6) is 0 Å². The summed E-state index contributed by atoms with van der Waals surface area (Å²) >= 11 is 0. The van der Waals surface area contributed by atoms with Gasteiger partial charge in [0.25, 0.3) is 0 Å². The van der Waals surface area contributed by atoms with E-state index >= 15 is 0 Å². The number of nitrogens with zero attached hydrogens (tertiary/aromatic N) is 1. The van der Waals surface area contributed by atoms with Crippen molar-refractivity contribution in [3.8, 4) is 0 Å². The first-order chi connectivity index (χ1) is 9.81. The zero-order valence-corrected chi connectivity index (χ0v) is 13.5. The number of hydrogen-bond donors (Lipinski definition) is 1. The van der Waals surface area contributed by atoms with Gasteiger partial charge < -0.3 is 0 Å². The molecule has 4 nitrogen and oxygen atoms in total. The molecule has 0 aliphatic rings. The summed E-state index contributed by atoms with van der Waals surface area (Å²) in [5.41, 5.74) is 3.50. The van der Waals surface area contributed by atoms with Gasteiger partial charge >= 0.3 is 0 Å². The Morgan fingerprint density at radius 2 is 1.71 bits per heavy atom. The van der Waals surface area contributed by atoms with E-state index in [1.54, 1.807) is 31.3 Å². The van der Waals surface area contributed by atoms with Crippen LogP contribution < -0.4 is 4.72 Å². The van der Waals surface area contributed by atoms with Gasteiger partial charge in [-0.15, -0.1) is 0 Å². The minimum atomic E-state index is -3.57. The Hall–Kier alpha value is -1.72. The maximum absolute atomic E-state index is 12.6. The largest absolute Gasteiger partial charge is 0.260 e. The molecular formula is C16H20N2O2S. The van der Waals surface area contributed by atoms with E-state index in [1.807, 2.05) is 32.9 Å². The van der Waals surface area contributed by atoms with Crippen LogP contribution in [0, 0.1) is 20.8 Å². The van der Waals surface area contributed by atoms with Gasteiger partial charge in [0.2, 0.25) is 10.0 Å². The fraction of sp³-hybridized carbons (Fsp3) is 0.312. The van der Waals surface area contributed by atoms with Crippen LogP contribution in [0.1, 0.15) is 35.3 Å². The Morgan fingerprint density at radius 1 is 1.05 bits per heavy atom. The Morgan fingerprint density at radius 3 is 2.33 bits per heavy atom. The Labute approximate surface area is 126 Å². The second kappa shape index (κ2) is 5.95. The smallest absolute Gasteiger partial charge is 0.241 e. The van der Waals surface area contributed by atoms with Gasteiger partial charge in [0.05, 0.1) is 16.6 Å². The molecule has 0 bridgehead atoms. The molecule has 112 valence electrons. The van der Waals surface area contributed by atoms with E-state index in [-0.39, 0.29) is 6.04 Å². The van der Waals surface area contributed by atoms with E-state index in [4.69, 9.17) is 0 Å². The monoisotopic (exact) mass is 304 g/mol. The summed E-state index contributed by atoms with van der Waals surface area (Å²) in [6.07, 6.45) is 1.65. The quantitative estimate of drug-likeness (QED) is 0.944. The molecule has 0 saturated carbocycles. The fourth-order valence-corrected chi connectivity index (χ4v) is 3.74. The molecule has 1 heterocycles. The highest BCUT2D eigenvalue weighted by Crippen LogP contribution is 2.22. The molecule has 1 atom stereocenters. The molecule has 0 fully saturated rings. The molecule has 0 aliphatic carbocycles. The van der Waals surface area contributed by atoms with Crippen LogP contribution in [-0.4, -0.2) is 13.4 Å². The standard InChI is InChI=1S/C16H20N2O2S/c1-11-9-13(3)16(10-12(11)2)21(19,20)18-14(4)15-7-5-6-8-17-15/h5-10,14,18H,1-4H3/t14-/m1/s1. The zero-order valence-electron chi connectivity index (χ0n) is 12.7. The second-order valence-corrected chi connectivity index (χ2v) is 6.98. The number of benzene rings is 1. The van der Waals surface area contributed by atoms with Crippen molar-refractivity contribution in [2.24, 2.45) is 0 Å². The molecule has 1 aromatic heterocycles. The second-order valence-electron chi connectivity index (χ2n) is 5.30. The van der Waals surface area contributed by atoms with Crippen LogP contribution in [-0.2, 0) is 10.0 Å². The lowest BCUT2D eigenvalue weighted by molar-refractivity contribution is 0.563. The fourth-order valence-electron chi connectivity index (χ4n) is 2.21. The number of rotatable bonds is 4. The third-order valence-corrected chi connectivity index (χ3v) is 5.23. The van der Waals surface area contributed by atoms with Crippen LogP contribution >= 0.6 is 0 Å². The van der Waals surface area contributed by atoms with Gasteiger partial charge in [-0.1, -0.05) is 12.1 Å².